The molecule has 0 saturated carbocycles. The molecule has 0 spiro atoms. The highest BCUT2D eigenvalue weighted by Gasteiger charge is 2.17. The number of hydrogen-bond donors (Lipinski definition) is 1. The van der Waals surface area contributed by atoms with Crippen LogP contribution in [0.4, 0.5) is 0 Å². The summed E-state index contributed by atoms with van der Waals surface area (Å²) < 4.78 is 6.24. The first kappa shape index (κ1) is 14.8. The number of carboxylic acid groups (broad SMARTS) is 1. The van der Waals surface area contributed by atoms with Gasteiger partial charge in [-0.05, 0) is 24.6 Å². The molecule has 6 nitrogen and oxygen atoms in total. The number of carbonyl (C=O) groups is 2. The van der Waals surface area contributed by atoms with Crippen LogP contribution in [0.1, 0.15) is 39.8 Å². The summed E-state index contributed by atoms with van der Waals surface area (Å²) in [6.07, 6.45) is 2.71. The molecular weight excluding hydrogens is 272 g/mol. The third-order valence-corrected chi connectivity index (χ3v) is 3.10. The molecule has 2 aromatic rings. The van der Waals surface area contributed by atoms with Crippen LogP contribution < -0.4 is 0 Å². The molecule has 0 bridgehead atoms. The minimum atomic E-state index is -1.01. The van der Waals surface area contributed by atoms with E-state index in [1.807, 2.05) is 6.92 Å². The highest BCUT2D eigenvalue weighted by atomic mass is 16.5. The second-order valence-electron chi connectivity index (χ2n) is 4.51. The number of aromatic carboxylic acids is 1. The maximum atomic E-state index is 11.6. The van der Waals surface area contributed by atoms with Crippen LogP contribution in [0.15, 0.2) is 30.5 Å². The van der Waals surface area contributed by atoms with E-state index in [1.54, 1.807) is 28.9 Å². The SMILES string of the molecule is CCCc1c(C(=O)O)cnn1-c1cccc(C(=O)OC)c1. The van der Waals surface area contributed by atoms with Crippen molar-refractivity contribution in [3.8, 4) is 5.69 Å². The van der Waals surface area contributed by atoms with Gasteiger partial charge in [-0.1, -0.05) is 19.4 Å². The highest BCUT2D eigenvalue weighted by Crippen LogP contribution is 2.18. The Morgan fingerprint density at radius 1 is 1.38 bits per heavy atom. The molecule has 2 rings (SSSR count). The van der Waals surface area contributed by atoms with Gasteiger partial charge in [0, 0.05) is 0 Å². The minimum Gasteiger partial charge on any atom is -0.478 e. The van der Waals surface area contributed by atoms with Crippen LogP contribution >= 0.6 is 0 Å². The predicted octanol–water partition coefficient (Wildman–Crippen LogP) is 2.31. The summed E-state index contributed by atoms with van der Waals surface area (Å²) in [5.74, 6) is -1.45. The lowest BCUT2D eigenvalue weighted by Crippen LogP contribution is -2.08. The van der Waals surface area contributed by atoms with E-state index in [-0.39, 0.29) is 5.56 Å². The zero-order chi connectivity index (χ0) is 15.4. The number of hydrogen-bond acceptors (Lipinski definition) is 4. The fourth-order valence-corrected chi connectivity index (χ4v) is 2.13. The van der Waals surface area contributed by atoms with Crippen molar-refractivity contribution in [2.45, 2.75) is 19.8 Å². The molecule has 1 N–H and O–H groups in total. The summed E-state index contributed by atoms with van der Waals surface area (Å²) in [5.41, 5.74) is 1.83. The zero-order valence-electron chi connectivity index (χ0n) is 11.9. The lowest BCUT2D eigenvalue weighted by molar-refractivity contribution is 0.0599. The summed E-state index contributed by atoms with van der Waals surface area (Å²) >= 11 is 0. The predicted molar refractivity (Wildman–Crippen MR) is 75.9 cm³/mol. The first-order valence-corrected chi connectivity index (χ1v) is 6.57. The van der Waals surface area contributed by atoms with Gasteiger partial charge in [-0.15, -0.1) is 0 Å². The van der Waals surface area contributed by atoms with Crippen molar-refractivity contribution >= 4 is 11.9 Å². The molecule has 1 aromatic carbocycles. The zero-order valence-corrected chi connectivity index (χ0v) is 11.9. The normalized spacial score (nSPS) is 10.4. The van der Waals surface area contributed by atoms with Gasteiger partial charge in [0.05, 0.1) is 30.3 Å². The van der Waals surface area contributed by atoms with Crippen molar-refractivity contribution in [3.05, 3.63) is 47.3 Å². The van der Waals surface area contributed by atoms with Gasteiger partial charge in [0.1, 0.15) is 5.56 Å². The monoisotopic (exact) mass is 288 g/mol. The molecule has 0 radical (unpaired) electrons. The third-order valence-electron chi connectivity index (χ3n) is 3.10. The Balaban J connectivity index is 2.51. The van der Waals surface area contributed by atoms with Gasteiger partial charge < -0.3 is 9.84 Å². The van der Waals surface area contributed by atoms with E-state index in [4.69, 9.17) is 0 Å². The summed E-state index contributed by atoms with van der Waals surface area (Å²) in [4.78, 5) is 22.8. The van der Waals surface area contributed by atoms with Gasteiger partial charge in [-0.3, -0.25) is 0 Å². The second-order valence-corrected chi connectivity index (χ2v) is 4.51. The Kier molecular flexibility index (Phi) is 4.37. The Labute approximate surface area is 122 Å². The van der Waals surface area contributed by atoms with E-state index < -0.39 is 11.9 Å². The van der Waals surface area contributed by atoms with Crippen molar-refractivity contribution in [3.63, 3.8) is 0 Å². The molecular formula is C15H16N2O4. The number of aromatic nitrogens is 2. The Bertz CT molecular complexity index is 676. The Morgan fingerprint density at radius 3 is 2.76 bits per heavy atom. The van der Waals surface area contributed by atoms with E-state index in [0.29, 0.717) is 23.4 Å². The number of esters is 1. The molecule has 0 fully saturated rings. The fraction of sp³-hybridized carbons (Fsp3) is 0.267. The van der Waals surface area contributed by atoms with E-state index in [9.17, 15) is 14.7 Å². The standard InChI is InChI=1S/C15H16N2O4/c1-3-5-13-12(14(18)19)9-16-17(13)11-7-4-6-10(8-11)15(20)21-2/h4,6-9H,3,5H2,1-2H3,(H,18,19). The van der Waals surface area contributed by atoms with Gasteiger partial charge in [0.15, 0.2) is 0 Å². The van der Waals surface area contributed by atoms with Gasteiger partial charge in [0.2, 0.25) is 0 Å². The largest absolute Gasteiger partial charge is 0.478 e. The van der Waals surface area contributed by atoms with Crippen LogP contribution in [0.3, 0.4) is 0 Å². The molecule has 21 heavy (non-hydrogen) atoms. The van der Waals surface area contributed by atoms with Crippen LogP contribution in [-0.4, -0.2) is 33.9 Å². The minimum absolute atomic E-state index is 0.181. The summed E-state index contributed by atoms with van der Waals surface area (Å²) in [6.45, 7) is 1.97. The molecule has 110 valence electrons. The number of carboxylic acids is 1. The number of rotatable bonds is 5. The lowest BCUT2D eigenvalue weighted by Gasteiger charge is -2.09. The first-order valence-electron chi connectivity index (χ1n) is 6.57. The van der Waals surface area contributed by atoms with E-state index in [2.05, 4.69) is 9.84 Å². The van der Waals surface area contributed by atoms with Crippen molar-refractivity contribution < 1.29 is 19.4 Å². The topological polar surface area (TPSA) is 81.4 Å². The molecule has 0 saturated heterocycles. The van der Waals surface area contributed by atoms with E-state index >= 15 is 0 Å². The van der Waals surface area contributed by atoms with Gasteiger partial charge >= 0.3 is 11.9 Å². The fourth-order valence-electron chi connectivity index (χ4n) is 2.13. The van der Waals surface area contributed by atoms with E-state index in [0.717, 1.165) is 6.42 Å². The van der Waals surface area contributed by atoms with Crippen LogP contribution in [0.2, 0.25) is 0 Å². The summed E-state index contributed by atoms with van der Waals surface area (Å²) in [7, 11) is 1.31. The molecule has 1 heterocycles. The second kappa shape index (κ2) is 6.21. The smallest absolute Gasteiger partial charge is 0.339 e. The number of benzene rings is 1. The highest BCUT2D eigenvalue weighted by molar-refractivity contribution is 5.90. The lowest BCUT2D eigenvalue weighted by atomic mass is 10.1. The number of methoxy groups -OCH3 is 1. The maximum absolute atomic E-state index is 11.6. The molecule has 0 amide bonds. The molecule has 1 aromatic heterocycles. The Hall–Kier alpha value is -2.63. The maximum Gasteiger partial charge on any atom is 0.339 e. The van der Waals surface area contributed by atoms with Crippen LogP contribution in [-0.2, 0) is 11.2 Å². The van der Waals surface area contributed by atoms with Gasteiger partial charge in [-0.25, -0.2) is 14.3 Å². The molecule has 0 aliphatic rings. The molecule has 0 aliphatic heterocycles. The molecule has 0 atom stereocenters. The quantitative estimate of drug-likeness (QED) is 0.854. The number of carbonyl (C=O) groups excluding carboxylic acids is 1. The van der Waals surface area contributed by atoms with Crippen molar-refractivity contribution in [2.75, 3.05) is 7.11 Å². The first-order chi connectivity index (χ1) is 10.1. The van der Waals surface area contributed by atoms with Gasteiger partial charge in [0.25, 0.3) is 0 Å². The van der Waals surface area contributed by atoms with Crippen molar-refractivity contribution in [1.82, 2.24) is 9.78 Å². The average Bonchev–Trinajstić information content (AvgIpc) is 2.91. The number of ether oxygens (including phenoxy) is 1. The number of nitrogens with zero attached hydrogens (tertiary/aromatic N) is 2. The summed E-state index contributed by atoms with van der Waals surface area (Å²) in [5, 5.41) is 13.3. The summed E-state index contributed by atoms with van der Waals surface area (Å²) in [6, 6.07) is 6.74. The van der Waals surface area contributed by atoms with Crippen LogP contribution in [0.25, 0.3) is 5.69 Å². The van der Waals surface area contributed by atoms with Crippen molar-refractivity contribution in [2.24, 2.45) is 0 Å². The van der Waals surface area contributed by atoms with Crippen LogP contribution in [0.5, 0.6) is 0 Å². The van der Waals surface area contributed by atoms with Crippen LogP contribution in [0, 0.1) is 0 Å². The molecule has 0 unspecified atom stereocenters. The van der Waals surface area contributed by atoms with E-state index in [1.165, 1.54) is 13.3 Å². The Morgan fingerprint density at radius 2 is 2.14 bits per heavy atom. The molecule has 6 heteroatoms. The molecule has 0 aliphatic carbocycles. The average molecular weight is 288 g/mol. The van der Waals surface area contributed by atoms with Crippen molar-refractivity contribution in [1.29, 1.82) is 0 Å². The van der Waals surface area contributed by atoms with Gasteiger partial charge in [-0.2, -0.15) is 5.10 Å². The third kappa shape index (κ3) is 2.94.